The summed E-state index contributed by atoms with van der Waals surface area (Å²) in [6.45, 7) is 9.72. The van der Waals surface area contributed by atoms with Crippen LogP contribution in [0.5, 0.6) is 0 Å². The summed E-state index contributed by atoms with van der Waals surface area (Å²) in [6.07, 6.45) is -3.05. The average Bonchev–Trinajstić information content (AvgIpc) is 3.36. The summed E-state index contributed by atoms with van der Waals surface area (Å²) in [6, 6.07) is 0. The van der Waals surface area contributed by atoms with Gasteiger partial charge in [-0.3, -0.25) is 28.3 Å². The van der Waals surface area contributed by atoms with Crippen LogP contribution in [0.25, 0.3) is 11.2 Å². The van der Waals surface area contributed by atoms with Gasteiger partial charge < -0.3 is 24.7 Å². The van der Waals surface area contributed by atoms with Crippen molar-refractivity contribution in [2.24, 2.45) is 24.8 Å². The predicted octanol–water partition coefficient (Wildman–Crippen LogP) is 0.944. The lowest BCUT2D eigenvalue weighted by Gasteiger charge is -2.26. The molecule has 0 spiro atoms. The van der Waals surface area contributed by atoms with Crippen molar-refractivity contribution >= 4 is 35.0 Å². The molecule has 2 aromatic rings. The predicted molar refractivity (Wildman–Crippen MR) is 126 cm³/mol. The van der Waals surface area contributed by atoms with Crippen molar-refractivity contribution in [1.82, 2.24) is 19.1 Å². The fourth-order valence-electron chi connectivity index (χ4n) is 3.45. The van der Waals surface area contributed by atoms with E-state index >= 15 is 0 Å². The van der Waals surface area contributed by atoms with Crippen molar-refractivity contribution in [2.45, 2.75) is 66.1 Å². The van der Waals surface area contributed by atoms with Crippen molar-refractivity contribution in [1.29, 1.82) is 0 Å². The molecular formula is C23H33N5O8. The summed E-state index contributed by atoms with van der Waals surface area (Å²) in [5.41, 5.74) is 5.53. The van der Waals surface area contributed by atoms with Crippen LogP contribution in [-0.2, 0) is 40.4 Å². The Morgan fingerprint density at radius 1 is 1.00 bits per heavy atom. The third kappa shape index (κ3) is 5.35. The van der Waals surface area contributed by atoms with Gasteiger partial charge in [0.05, 0.1) is 24.1 Å². The molecule has 1 aliphatic heterocycles. The van der Waals surface area contributed by atoms with Crippen LogP contribution in [0.3, 0.4) is 0 Å². The number of carbonyl (C=O) groups excluding carboxylic acids is 3. The zero-order valence-electron chi connectivity index (χ0n) is 21.5. The Bertz CT molecular complexity index is 1200. The molecule has 0 aromatic carbocycles. The van der Waals surface area contributed by atoms with Crippen LogP contribution >= 0.6 is 0 Å². The second-order valence-electron chi connectivity index (χ2n) is 9.62. The highest BCUT2D eigenvalue weighted by atomic mass is 16.7. The molecule has 2 N–H and O–H groups in total. The van der Waals surface area contributed by atoms with Gasteiger partial charge in [-0.15, -0.1) is 0 Å². The molecule has 1 aliphatic rings. The van der Waals surface area contributed by atoms with Gasteiger partial charge in [0.15, 0.2) is 29.6 Å². The summed E-state index contributed by atoms with van der Waals surface area (Å²) >= 11 is 0. The molecule has 2 aromatic heterocycles. The van der Waals surface area contributed by atoms with Gasteiger partial charge in [0.25, 0.3) is 5.56 Å². The molecule has 0 amide bonds. The second kappa shape index (κ2) is 10.6. The number of imidazole rings is 1. The number of aromatic nitrogens is 4. The van der Waals surface area contributed by atoms with Crippen LogP contribution in [0.2, 0.25) is 0 Å². The Kier molecular flexibility index (Phi) is 8.02. The van der Waals surface area contributed by atoms with E-state index in [1.807, 2.05) is 0 Å². The van der Waals surface area contributed by atoms with E-state index in [0.29, 0.717) is 0 Å². The monoisotopic (exact) mass is 507 g/mol. The van der Waals surface area contributed by atoms with E-state index in [-0.39, 0.29) is 23.7 Å². The zero-order valence-corrected chi connectivity index (χ0v) is 21.5. The molecule has 0 bridgehead atoms. The summed E-state index contributed by atoms with van der Waals surface area (Å²) < 4.78 is 25.5. The first-order valence-electron chi connectivity index (χ1n) is 11.8. The smallest absolute Gasteiger partial charge is 0.308 e. The maximum Gasteiger partial charge on any atom is 0.308 e. The molecule has 3 rings (SSSR count). The molecule has 198 valence electrons. The number of anilines is 1. The number of nitrogens with two attached hydrogens (primary N) is 1. The number of fused-ring (bicyclic) bond motifs is 1. The summed E-state index contributed by atoms with van der Waals surface area (Å²) in [5.74, 6) is -3.03. The van der Waals surface area contributed by atoms with Crippen molar-refractivity contribution in [3.05, 3.63) is 16.7 Å². The standard InChI is InChI=1S/C23H33N5O8/c1-10(2)20(30)33-8-13-15(35-21(31)11(3)4)16(36-22(32)12(5)6)19(34-13)28-9-25-14-17(28)26-23(24)27(7)18(14)29/h9-13,15-16,19H,8H2,1-7H3,(H2,24,26)/t13-,15-,16-,19?/m1/s1. The first-order valence-corrected chi connectivity index (χ1v) is 11.8. The molecule has 0 aliphatic carbocycles. The van der Waals surface area contributed by atoms with E-state index in [9.17, 15) is 19.2 Å². The van der Waals surface area contributed by atoms with Crippen molar-refractivity contribution in [2.75, 3.05) is 12.3 Å². The van der Waals surface area contributed by atoms with Crippen LogP contribution in [0, 0.1) is 17.8 Å². The molecule has 0 saturated carbocycles. The average molecular weight is 508 g/mol. The topological polar surface area (TPSA) is 167 Å². The second-order valence-corrected chi connectivity index (χ2v) is 9.62. The molecule has 36 heavy (non-hydrogen) atoms. The number of nitrogen functional groups attached to an aromatic ring is 1. The molecular weight excluding hydrogens is 474 g/mol. The van der Waals surface area contributed by atoms with Crippen LogP contribution in [0.1, 0.15) is 47.8 Å². The molecule has 13 nitrogen and oxygen atoms in total. The number of hydrogen-bond donors (Lipinski definition) is 1. The first kappa shape index (κ1) is 27.1. The van der Waals surface area contributed by atoms with Gasteiger partial charge in [0, 0.05) is 7.05 Å². The molecule has 13 heteroatoms. The van der Waals surface area contributed by atoms with E-state index in [1.54, 1.807) is 41.5 Å². The van der Waals surface area contributed by atoms with Gasteiger partial charge in [0.2, 0.25) is 5.95 Å². The zero-order chi connectivity index (χ0) is 26.9. The molecule has 0 radical (unpaired) electrons. The molecule has 1 fully saturated rings. The van der Waals surface area contributed by atoms with Gasteiger partial charge in [0.1, 0.15) is 12.7 Å². The minimum absolute atomic E-state index is 0.0228. The Labute approximate surface area is 207 Å². The molecule has 3 heterocycles. The quantitative estimate of drug-likeness (QED) is 0.399. The van der Waals surface area contributed by atoms with E-state index < -0.39 is 65.8 Å². The molecule has 1 unspecified atom stereocenters. The van der Waals surface area contributed by atoms with Gasteiger partial charge in [-0.25, -0.2) is 4.98 Å². The Morgan fingerprint density at radius 2 is 1.56 bits per heavy atom. The number of rotatable bonds is 8. The molecule has 1 saturated heterocycles. The van der Waals surface area contributed by atoms with E-state index in [0.717, 1.165) is 4.57 Å². The number of esters is 3. The maximum atomic E-state index is 12.6. The van der Waals surface area contributed by atoms with E-state index in [1.165, 1.54) is 17.9 Å². The Balaban J connectivity index is 2.08. The van der Waals surface area contributed by atoms with Crippen LogP contribution in [-0.4, -0.2) is 61.9 Å². The minimum Gasteiger partial charge on any atom is -0.463 e. The van der Waals surface area contributed by atoms with Gasteiger partial charge in [-0.1, -0.05) is 41.5 Å². The third-order valence-electron chi connectivity index (χ3n) is 5.71. The number of ether oxygens (including phenoxy) is 4. The fourth-order valence-corrected chi connectivity index (χ4v) is 3.45. The van der Waals surface area contributed by atoms with E-state index in [2.05, 4.69) is 9.97 Å². The number of nitrogens with zero attached hydrogens (tertiary/aromatic N) is 4. The largest absolute Gasteiger partial charge is 0.463 e. The summed E-state index contributed by atoms with van der Waals surface area (Å²) in [5, 5.41) is 0. The van der Waals surface area contributed by atoms with E-state index in [4.69, 9.17) is 24.7 Å². The molecule has 4 atom stereocenters. The summed E-state index contributed by atoms with van der Waals surface area (Å²) in [7, 11) is 1.46. The fraction of sp³-hybridized carbons (Fsp3) is 0.652. The lowest BCUT2D eigenvalue weighted by molar-refractivity contribution is -0.173. The highest BCUT2D eigenvalue weighted by Gasteiger charge is 2.52. The van der Waals surface area contributed by atoms with Crippen LogP contribution in [0.15, 0.2) is 11.1 Å². The SMILES string of the molecule is CC(C)C(=O)OC[C@H]1OC(n2cnc3c(=O)n(C)c(N)nc32)[C@H](OC(=O)C(C)C)[C@@H]1OC(=O)C(C)C. The lowest BCUT2D eigenvalue weighted by atomic mass is 10.1. The third-order valence-corrected chi connectivity index (χ3v) is 5.71. The Morgan fingerprint density at radius 3 is 2.11 bits per heavy atom. The lowest BCUT2D eigenvalue weighted by Crippen LogP contribution is -2.42. The summed E-state index contributed by atoms with van der Waals surface area (Å²) in [4.78, 5) is 58.4. The highest BCUT2D eigenvalue weighted by molar-refractivity contribution is 5.74. The number of hydrogen-bond acceptors (Lipinski definition) is 11. The van der Waals surface area contributed by atoms with Crippen LogP contribution in [0.4, 0.5) is 5.95 Å². The van der Waals surface area contributed by atoms with Gasteiger partial charge in [-0.05, 0) is 0 Å². The van der Waals surface area contributed by atoms with Gasteiger partial charge in [-0.2, -0.15) is 4.98 Å². The normalized spacial score (nSPS) is 21.9. The maximum absolute atomic E-state index is 12.6. The highest BCUT2D eigenvalue weighted by Crippen LogP contribution is 2.36. The van der Waals surface area contributed by atoms with Crippen molar-refractivity contribution in [3.8, 4) is 0 Å². The first-order chi connectivity index (χ1) is 16.8. The van der Waals surface area contributed by atoms with Crippen molar-refractivity contribution < 1.29 is 33.3 Å². The van der Waals surface area contributed by atoms with Gasteiger partial charge >= 0.3 is 17.9 Å². The van der Waals surface area contributed by atoms with Crippen LogP contribution < -0.4 is 11.3 Å². The number of carbonyl (C=O) groups is 3. The van der Waals surface area contributed by atoms with Crippen molar-refractivity contribution in [3.63, 3.8) is 0 Å². The minimum atomic E-state index is -1.16. The Hall–Kier alpha value is -3.48.